The van der Waals surface area contributed by atoms with E-state index in [-0.39, 0.29) is 0 Å². The fourth-order valence-electron chi connectivity index (χ4n) is 0.990. The van der Waals surface area contributed by atoms with E-state index in [1.807, 2.05) is 0 Å². The van der Waals surface area contributed by atoms with Crippen molar-refractivity contribution < 1.29 is 27.5 Å². The predicted molar refractivity (Wildman–Crippen MR) is 61.7 cm³/mol. The Morgan fingerprint density at radius 3 is 2.00 bits per heavy atom. The van der Waals surface area contributed by atoms with Gasteiger partial charge in [0.2, 0.25) is 10.0 Å². The summed E-state index contributed by atoms with van der Waals surface area (Å²) in [5, 5.41) is 4.75. The van der Waals surface area contributed by atoms with E-state index in [1.165, 1.54) is 0 Å². The molecule has 11 heteroatoms. The monoisotopic (exact) mass is 395 g/mol. The van der Waals surface area contributed by atoms with Gasteiger partial charge < -0.3 is 0 Å². The summed E-state index contributed by atoms with van der Waals surface area (Å²) in [6.45, 7) is 0. The van der Waals surface area contributed by atoms with Crippen LogP contribution in [0.3, 0.4) is 0 Å². The van der Waals surface area contributed by atoms with Crippen LogP contribution in [0.2, 0.25) is 0 Å². The number of rotatable bonds is 3. The van der Waals surface area contributed by atoms with Gasteiger partial charge in [-0.15, -0.1) is 0 Å². The van der Waals surface area contributed by atoms with E-state index in [2.05, 4.69) is 0 Å². The molecular weight excluding hydrogens is 389 g/mol. The highest BCUT2D eigenvalue weighted by molar-refractivity contribution is 14.2. The van der Waals surface area contributed by atoms with Crippen molar-refractivity contribution in [2.24, 2.45) is 5.14 Å². The van der Waals surface area contributed by atoms with Crippen LogP contribution in [0, 0.1) is 3.57 Å². The van der Waals surface area contributed by atoms with Gasteiger partial charge >= 0.3 is 19.8 Å². The third-order valence-electron chi connectivity index (χ3n) is 1.67. The number of nitrogens with two attached hydrogens (primary N) is 1. The summed E-state index contributed by atoms with van der Waals surface area (Å²) in [5.41, 5.74) is 0. The lowest BCUT2D eigenvalue weighted by atomic mass is 10.4. The van der Waals surface area contributed by atoms with E-state index in [0.717, 1.165) is 12.1 Å². The smallest absolute Gasteiger partial charge is 0.282 e. The van der Waals surface area contributed by atoms with Crippen molar-refractivity contribution >= 4 is 39.9 Å². The molecule has 0 bridgehead atoms. The predicted octanol–water partition coefficient (Wildman–Crippen LogP) is -0.0523. The fraction of sp³-hybridized carbons (Fsp3) is 0. The van der Waals surface area contributed by atoms with Gasteiger partial charge in [0.15, 0.2) is 0 Å². The van der Waals surface area contributed by atoms with Gasteiger partial charge in [-0.1, -0.05) is 0 Å². The van der Waals surface area contributed by atoms with Gasteiger partial charge in [-0.3, -0.25) is 4.55 Å². The highest BCUT2D eigenvalue weighted by Crippen LogP contribution is 2.27. The summed E-state index contributed by atoms with van der Waals surface area (Å²) in [6, 6.07) is 2.05. The third kappa shape index (κ3) is 3.41. The van der Waals surface area contributed by atoms with Gasteiger partial charge in [-0.05, 0) is 18.2 Å². The van der Waals surface area contributed by atoms with Gasteiger partial charge in [0, 0.05) is 0 Å². The number of sulfonamides is 1. The van der Waals surface area contributed by atoms with Crippen LogP contribution >= 0.6 is 19.8 Å². The molecule has 17 heavy (non-hydrogen) atoms. The molecule has 3 N–H and O–H groups in total. The Morgan fingerprint density at radius 2 is 1.65 bits per heavy atom. The van der Waals surface area contributed by atoms with Crippen molar-refractivity contribution in [2.75, 3.05) is 0 Å². The molecule has 0 aromatic heterocycles. The summed E-state index contributed by atoms with van der Waals surface area (Å²) in [5.74, 6) is 0. The Kier molecular flexibility index (Phi) is 3.87. The molecule has 8 nitrogen and oxygen atoms in total. The first-order chi connectivity index (χ1) is 7.53. The minimum absolute atomic E-state index is 0.500. The van der Waals surface area contributed by atoms with Crippen LogP contribution in [-0.4, -0.2) is 21.4 Å². The molecule has 96 valence electrons. The molecule has 0 saturated carbocycles. The van der Waals surface area contributed by atoms with Crippen molar-refractivity contribution in [3.8, 4) is 0 Å². The zero-order chi connectivity index (χ0) is 13.4. The van der Waals surface area contributed by atoms with Crippen LogP contribution in [0.1, 0.15) is 0 Å². The number of hydrogen-bond acceptors (Lipinski definition) is 6. The number of benzene rings is 1. The maximum absolute atomic E-state index is 11.1. The minimum atomic E-state index is -4.63. The lowest BCUT2D eigenvalue weighted by molar-refractivity contribution is 0.483. The van der Waals surface area contributed by atoms with Gasteiger partial charge in [0.05, 0.1) is 8.47 Å². The molecule has 1 aromatic carbocycles. The van der Waals surface area contributed by atoms with E-state index in [9.17, 15) is 23.0 Å². The Morgan fingerprint density at radius 1 is 1.12 bits per heavy atom. The molecule has 1 aromatic rings. The second-order valence-corrected chi connectivity index (χ2v) is 8.18. The van der Waals surface area contributed by atoms with Crippen LogP contribution < -0.4 is 5.14 Å². The Labute approximate surface area is 104 Å². The average molecular weight is 395 g/mol. The molecule has 0 fully saturated rings. The van der Waals surface area contributed by atoms with Crippen molar-refractivity contribution in [1.82, 2.24) is 0 Å². The topological polar surface area (TPSA) is 149 Å². The van der Waals surface area contributed by atoms with E-state index in [4.69, 9.17) is 9.69 Å². The zero-order valence-electron chi connectivity index (χ0n) is 7.90. The Hall–Kier alpha value is -0.630. The second-order valence-electron chi connectivity index (χ2n) is 2.83. The molecule has 0 unspecified atom stereocenters. The van der Waals surface area contributed by atoms with Crippen molar-refractivity contribution in [2.45, 2.75) is 9.79 Å². The normalized spacial score (nSPS) is 12.9. The van der Waals surface area contributed by atoms with Gasteiger partial charge in [0.1, 0.15) is 4.90 Å². The molecule has 0 spiro atoms. The van der Waals surface area contributed by atoms with E-state index >= 15 is 0 Å². The first kappa shape index (κ1) is 14.4. The van der Waals surface area contributed by atoms with Gasteiger partial charge in [-0.25, -0.2) is 19.7 Å². The molecule has 0 aliphatic rings. The molecule has 0 aliphatic heterocycles. The van der Waals surface area contributed by atoms with Gasteiger partial charge in [0.25, 0.3) is 10.1 Å². The first-order valence-corrected chi connectivity index (χ1v) is 9.56. The molecule has 0 aliphatic carbocycles. The maximum atomic E-state index is 11.1. The molecule has 0 saturated heterocycles. The average Bonchev–Trinajstić information content (AvgIpc) is 2.14. The minimum Gasteiger partial charge on any atom is -0.282 e. The summed E-state index contributed by atoms with van der Waals surface area (Å²) in [7, 11) is -9.03. The Balaban J connectivity index is 3.75. The zero-order valence-corrected chi connectivity index (χ0v) is 11.7. The van der Waals surface area contributed by atoms with Gasteiger partial charge in [-0.2, -0.15) is 8.42 Å². The Bertz CT molecular complexity index is 724. The van der Waals surface area contributed by atoms with Crippen molar-refractivity contribution in [3.63, 3.8) is 0 Å². The van der Waals surface area contributed by atoms with Crippen LogP contribution in [0.4, 0.5) is 0 Å². The van der Waals surface area contributed by atoms with Crippen LogP contribution in [0.15, 0.2) is 28.0 Å². The highest BCUT2D eigenvalue weighted by atomic mass is 127. The highest BCUT2D eigenvalue weighted by Gasteiger charge is 2.21. The lowest BCUT2D eigenvalue weighted by Crippen LogP contribution is -2.15. The molecule has 0 atom stereocenters. The summed E-state index contributed by atoms with van der Waals surface area (Å²) in [6.07, 6.45) is 0. The first-order valence-electron chi connectivity index (χ1n) is 3.73. The standard InChI is InChI=1S/C6H6INO7S2/c8-16(11,12)6-3-4(17(13,14)15)1-2-5(6)7(9)10/h1-3H,(H2,8,11,12)(H,13,14,15). The quantitative estimate of drug-likeness (QED) is 0.538. The summed E-state index contributed by atoms with van der Waals surface area (Å²) >= 11 is -4.15. The molecule has 1 rings (SSSR count). The van der Waals surface area contributed by atoms with E-state index in [1.54, 1.807) is 0 Å². The lowest BCUT2D eigenvalue weighted by Gasteiger charge is -2.03. The van der Waals surface area contributed by atoms with Crippen molar-refractivity contribution in [1.29, 1.82) is 0 Å². The summed E-state index contributed by atoms with van der Waals surface area (Å²) in [4.78, 5) is -1.59. The van der Waals surface area contributed by atoms with Crippen LogP contribution in [0.25, 0.3) is 0 Å². The number of primary sulfonamides is 1. The van der Waals surface area contributed by atoms with E-state index in [0.29, 0.717) is 6.07 Å². The van der Waals surface area contributed by atoms with Crippen LogP contribution in [-0.2, 0) is 26.3 Å². The molecule has 0 amide bonds. The largest absolute Gasteiger partial charge is 0.342 e. The molecule has 0 radical (unpaired) electrons. The SMILES string of the molecule is NS(=O)(=O)c1cc(S(=O)(=O)O)ccc1I(=O)=O. The summed E-state index contributed by atoms with van der Waals surface area (Å²) < 4.78 is 73.5. The van der Waals surface area contributed by atoms with E-state index < -0.39 is 53.3 Å². The third-order valence-corrected chi connectivity index (χ3v) is 5.73. The van der Waals surface area contributed by atoms with Crippen molar-refractivity contribution in [3.05, 3.63) is 21.8 Å². The fourth-order valence-corrected chi connectivity index (χ4v) is 4.61. The second kappa shape index (κ2) is 4.56. The number of hydrogen-bond donors (Lipinski definition) is 2. The molecular formula is C6H6INO7S2. The number of halogens is 1. The maximum Gasteiger partial charge on any atom is 0.342 e. The molecule has 0 heterocycles. The van der Waals surface area contributed by atoms with Crippen LogP contribution in [0.5, 0.6) is 0 Å².